The molecule has 0 saturated heterocycles. The second-order valence-corrected chi connectivity index (χ2v) is 4.33. The third-order valence-electron chi connectivity index (χ3n) is 1.34. The molecule has 2 atom stereocenters. The summed E-state index contributed by atoms with van der Waals surface area (Å²) in [6, 6.07) is -0.851. The molecule has 0 aliphatic rings. The number of carboxylic acid groups (broad SMARTS) is 1. The van der Waals surface area contributed by atoms with E-state index in [0.717, 1.165) is 0 Å². The molecule has 6 nitrogen and oxygen atoms in total. The lowest BCUT2D eigenvalue weighted by molar-refractivity contribution is -0.138. The standard InChI is InChI=1S/C6H13IN4O2/c7-3(2-11-6(9)10)1-4(8)5(12)13/h3-4H,1-2,8H2,(H,12,13)(H4,9,10,11)/t3?,4-/m0/s1. The van der Waals surface area contributed by atoms with Crippen molar-refractivity contribution in [3.63, 3.8) is 0 Å². The van der Waals surface area contributed by atoms with E-state index in [9.17, 15) is 4.79 Å². The van der Waals surface area contributed by atoms with Gasteiger partial charge in [-0.25, -0.2) is 0 Å². The summed E-state index contributed by atoms with van der Waals surface area (Å²) < 4.78 is 0.0487. The minimum atomic E-state index is -1.01. The minimum absolute atomic E-state index is 0.0487. The lowest BCUT2D eigenvalue weighted by Crippen LogP contribution is -2.39. The van der Waals surface area contributed by atoms with Gasteiger partial charge in [0.25, 0.3) is 0 Å². The molecule has 0 aliphatic carbocycles. The first-order valence-corrected chi connectivity index (χ1v) is 4.88. The Balaban J connectivity index is 3.67. The van der Waals surface area contributed by atoms with Gasteiger partial charge in [-0.3, -0.25) is 10.2 Å². The molecule has 0 amide bonds. The SMILES string of the molecule is N=C(N)NCC(I)C[C@H](N)C(=O)O. The molecule has 0 radical (unpaired) electrons. The monoisotopic (exact) mass is 300 g/mol. The fourth-order valence-electron chi connectivity index (χ4n) is 0.680. The topological polar surface area (TPSA) is 125 Å². The lowest BCUT2D eigenvalue weighted by atomic mass is 10.2. The van der Waals surface area contributed by atoms with Gasteiger partial charge in [-0.1, -0.05) is 22.6 Å². The van der Waals surface area contributed by atoms with Gasteiger partial charge in [0.1, 0.15) is 6.04 Å². The van der Waals surface area contributed by atoms with Crippen LogP contribution >= 0.6 is 22.6 Å². The summed E-state index contributed by atoms with van der Waals surface area (Å²) in [6.45, 7) is 0.455. The number of carboxylic acids is 1. The van der Waals surface area contributed by atoms with Gasteiger partial charge in [-0.05, 0) is 6.42 Å². The number of aliphatic carboxylic acids is 1. The summed E-state index contributed by atoms with van der Waals surface area (Å²) in [7, 11) is 0. The number of halogens is 1. The molecule has 13 heavy (non-hydrogen) atoms. The average molecular weight is 300 g/mol. The average Bonchev–Trinajstić information content (AvgIpc) is 2.00. The first-order valence-electron chi connectivity index (χ1n) is 3.63. The van der Waals surface area contributed by atoms with Crippen LogP contribution < -0.4 is 16.8 Å². The molecule has 0 saturated carbocycles. The molecule has 7 heteroatoms. The maximum atomic E-state index is 10.4. The lowest BCUT2D eigenvalue weighted by Gasteiger charge is -2.13. The molecule has 0 aliphatic heterocycles. The zero-order chi connectivity index (χ0) is 10.4. The first kappa shape index (κ1) is 12.4. The summed E-state index contributed by atoms with van der Waals surface area (Å²) >= 11 is 2.07. The summed E-state index contributed by atoms with van der Waals surface area (Å²) in [4.78, 5) is 10.4. The number of carbonyl (C=O) groups is 1. The summed E-state index contributed by atoms with van der Waals surface area (Å²) in [6.07, 6.45) is 0.357. The van der Waals surface area contributed by atoms with Crippen molar-refractivity contribution in [3.05, 3.63) is 0 Å². The highest BCUT2D eigenvalue weighted by Crippen LogP contribution is 2.06. The molecule has 0 bridgehead atoms. The molecule has 0 aromatic carbocycles. The number of alkyl halides is 1. The first-order chi connectivity index (χ1) is 5.93. The van der Waals surface area contributed by atoms with Crippen molar-refractivity contribution in [2.24, 2.45) is 11.5 Å². The normalized spacial score (nSPS) is 14.6. The van der Waals surface area contributed by atoms with Crippen LogP contribution in [0.1, 0.15) is 6.42 Å². The van der Waals surface area contributed by atoms with Crippen LogP contribution in [0.2, 0.25) is 0 Å². The third kappa shape index (κ3) is 6.58. The number of hydrogen-bond donors (Lipinski definition) is 5. The molecule has 7 N–H and O–H groups in total. The Labute approximate surface area is 89.7 Å². The Morgan fingerprint density at radius 1 is 1.69 bits per heavy atom. The van der Waals surface area contributed by atoms with Gasteiger partial charge in [0.15, 0.2) is 5.96 Å². The number of nitrogens with one attached hydrogen (secondary N) is 2. The highest BCUT2D eigenvalue weighted by atomic mass is 127. The van der Waals surface area contributed by atoms with E-state index in [1.807, 2.05) is 0 Å². The van der Waals surface area contributed by atoms with Gasteiger partial charge in [-0.15, -0.1) is 0 Å². The quantitative estimate of drug-likeness (QED) is 0.194. The molecule has 0 spiro atoms. The molecule has 76 valence electrons. The van der Waals surface area contributed by atoms with E-state index in [1.165, 1.54) is 0 Å². The molecule has 0 aromatic heterocycles. The zero-order valence-corrected chi connectivity index (χ0v) is 9.11. The van der Waals surface area contributed by atoms with Gasteiger partial charge in [0, 0.05) is 10.5 Å². The maximum absolute atomic E-state index is 10.4. The van der Waals surface area contributed by atoms with Crippen molar-refractivity contribution in [2.75, 3.05) is 6.54 Å². The predicted octanol–water partition coefficient (Wildman–Crippen LogP) is -0.925. The zero-order valence-electron chi connectivity index (χ0n) is 6.96. The smallest absolute Gasteiger partial charge is 0.320 e. The second kappa shape index (κ2) is 5.97. The molecule has 0 fully saturated rings. The van der Waals surface area contributed by atoms with Crippen molar-refractivity contribution in [3.8, 4) is 0 Å². The Morgan fingerprint density at radius 3 is 2.62 bits per heavy atom. The molecular formula is C6H13IN4O2. The summed E-state index contributed by atoms with van der Waals surface area (Å²) in [5, 5.41) is 18.0. The summed E-state index contributed by atoms with van der Waals surface area (Å²) in [5.74, 6) is -1.13. The Kier molecular flexibility index (Phi) is 5.71. The Bertz CT molecular complexity index is 199. The van der Waals surface area contributed by atoms with Crippen LogP contribution in [0.25, 0.3) is 0 Å². The van der Waals surface area contributed by atoms with Crippen LogP contribution in [-0.4, -0.2) is 33.5 Å². The van der Waals surface area contributed by atoms with Gasteiger partial charge in [-0.2, -0.15) is 0 Å². The van der Waals surface area contributed by atoms with Crippen molar-refractivity contribution >= 4 is 34.5 Å². The molecule has 0 heterocycles. The van der Waals surface area contributed by atoms with Crippen LogP contribution in [-0.2, 0) is 4.79 Å². The molecular weight excluding hydrogens is 287 g/mol. The fourth-order valence-corrected chi connectivity index (χ4v) is 1.45. The number of hydrogen-bond acceptors (Lipinski definition) is 3. The molecule has 1 unspecified atom stereocenters. The second-order valence-electron chi connectivity index (χ2n) is 2.57. The van der Waals surface area contributed by atoms with E-state index in [-0.39, 0.29) is 9.88 Å². The highest BCUT2D eigenvalue weighted by molar-refractivity contribution is 14.1. The van der Waals surface area contributed by atoms with Crippen LogP contribution in [0.5, 0.6) is 0 Å². The Hall–Kier alpha value is -0.570. The van der Waals surface area contributed by atoms with Crippen LogP contribution in [0.15, 0.2) is 0 Å². The number of nitrogens with two attached hydrogens (primary N) is 2. The molecule has 0 aromatic rings. The Morgan fingerprint density at radius 2 is 2.23 bits per heavy atom. The van der Waals surface area contributed by atoms with E-state index in [4.69, 9.17) is 22.0 Å². The largest absolute Gasteiger partial charge is 0.480 e. The van der Waals surface area contributed by atoms with Crippen LogP contribution in [0, 0.1) is 5.41 Å². The van der Waals surface area contributed by atoms with Gasteiger partial charge in [0.2, 0.25) is 0 Å². The van der Waals surface area contributed by atoms with Crippen LogP contribution in [0.3, 0.4) is 0 Å². The number of rotatable bonds is 5. The summed E-state index contributed by atoms with van der Waals surface area (Å²) in [5.41, 5.74) is 10.4. The highest BCUT2D eigenvalue weighted by Gasteiger charge is 2.16. The van der Waals surface area contributed by atoms with Gasteiger partial charge < -0.3 is 21.9 Å². The van der Waals surface area contributed by atoms with E-state index in [1.54, 1.807) is 0 Å². The van der Waals surface area contributed by atoms with Gasteiger partial charge >= 0.3 is 5.97 Å². The van der Waals surface area contributed by atoms with Crippen molar-refractivity contribution in [2.45, 2.75) is 16.4 Å². The fraction of sp³-hybridized carbons (Fsp3) is 0.667. The maximum Gasteiger partial charge on any atom is 0.320 e. The van der Waals surface area contributed by atoms with Crippen molar-refractivity contribution in [1.82, 2.24) is 5.32 Å². The number of guanidine groups is 1. The third-order valence-corrected chi connectivity index (χ3v) is 2.29. The minimum Gasteiger partial charge on any atom is -0.480 e. The van der Waals surface area contributed by atoms with E-state index < -0.39 is 12.0 Å². The molecule has 0 rings (SSSR count). The van der Waals surface area contributed by atoms with E-state index >= 15 is 0 Å². The van der Waals surface area contributed by atoms with Crippen molar-refractivity contribution < 1.29 is 9.90 Å². The van der Waals surface area contributed by atoms with Crippen molar-refractivity contribution in [1.29, 1.82) is 5.41 Å². The van der Waals surface area contributed by atoms with Gasteiger partial charge in [0.05, 0.1) is 0 Å². The van der Waals surface area contributed by atoms with Crippen LogP contribution in [0.4, 0.5) is 0 Å². The van der Waals surface area contributed by atoms with E-state index in [2.05, 4.69) is 27.9 Å². The van der Waals surface area contributed by atoms with E-state index in [0.29, 0.717) is 13.0 Å². The predicted molar refractivity (Wildman–Crippen MR) is 58.0 cm³/mol.